The zero-order valence-corrected chi connectivity index (χ0v) is 11.5. The van der Waals surface area contributed by atoms with E-state index in [4.69, 9.17) is 15.2 Å². The minimum Gasteiger partial charge on any atom is -0.383 e. The normalized spacial score (nSPS) is 18.6. The zero-order chi connectivity index (χ0) is 14.7. The second kappa shape index (κ2) is 6.07. The van der Waals surface area contributed by atoms with Crippen molar-refractivity contribution in [3.05, 3.63) is 36.0 Å². The Morgan fingerprint density at radius 2 is 2.14 bits per heavy atom. The van der Waals surface area contributed by atoms with Crippen molar-refractivity contribution in [3.8, 4) is 0 Å². The van der Waals surface area contributed by atoms with Crippen molar-refractivity contribution in [2.75, 3.05) is 32.1 Å². The van der Waals surface area contributed by atoms with Gasteiger partial charge < -0.3 is 20.5 Å². The predicted molar refractivity (Wildman–Crippen MR) is 79.0 cm³/mol. The quantitative estimate of drug-likeness (QED) is 0.878. The third-order valence-electron chi connectivity index (χ3n) is 3.45. The molecule has 1 aromatic heterocycles. The van der Waals surface area contributed by atoms with Gasteiger partial charge in [-0.1, -0.05) is 24.3 Å². The summed E-state index contributed by atoms with van der Waals surface area (Å²) in [6.45, 7) is 2.09. The van der Waals surface area contributed by atoms with E-state index in [1.165, 1.54) is 6.20 Å². The van der Waals surface area contributed by atoms with E-state index in [1.54, 1.807) is 0 Å². The van der Waals surface area contributed by atoms with Crippen molar-refractivity contribution in [1.82, 2.24) is 10.3 Å². The van der Waals surface area contributed by atoms with Gasteiger partial charge in [-0.2, -0.15) is 0 Å². The molecule has 0 spiro atoms. The van der Waals surface area contributed by atoms with Crippen LogP contribution in [0.2, 0.25) is 0 Å². The number of amides is 1. The first-order chi connectivity index (χ1) is 10.3. The van der Waals surface area contributed by atoms with E-state index in [2.05, 4.69) is 10.3 Å². The Balaban J connectivity index is 1.77. The predicted octanol–water partition coefficient (Wildman–Crippen LogP) is 0.962. The topological polar surface area (TPSA) is 86.5 Å². The number of aromatic nitrogens is 1. The number of nitrogen functional groups attached to an aromatic ring is 1. The highest BCUT2D eigenvalue weighted by Gasteiger charge is 2.17. The molecule has 0 radical (unpaired) electrons. The zero-order valence-electron chi connectivity index (χ0n) is 11.5. The number of pyridine rings is 1. The molecule has 0 saturated carbocycles. The fourth-order valence-corrected chi connectivity index (χ4v) is 2.35. The van der Waals surface area contributed by atoms with E-state index in [0.717, 1.165) is 10.8 Å². The van der Waals surface area contributed by atoms with Crippen LogP contribution in [0.3, 0.4) is 0 Å². The summed E-state index contributed by atoms with van der Waals surface area (Å²) >= 11 is 0. The largest absolute Gasteiger partial charge is 0.383 e. The molecule has 2 aromatic rings. The fraction of sp³-hybridized carbons (Fsp3) is 0.333. The maximum Gasteiger partial charge on any atom is 0.253 e. The molecule has 21 heavy (non-hydrogen) atoms. The van der Waals surface area contributed by atoms with Crippen molar-refractivity contribution in [3.63, 3.8) is 0 Å². The van der Waals surface area contributed by atoms with E-state index in [-0.39, 0.29) is 12.0 Å². The molecule has 1 atom stereocenters. The number of carbonyl (C=O) groups is 1. The van der Waals surface area contributed by atoms with E-state index in [1.807, 2.05) is 24.3 Å². The van der Waals surface area contributed by atoms with Crippen LogP contribution in [-0.2, 0) is 9.47 Å². The molecule has 1 unspecified atom stereocenters. The molecule has 1 saturated heterocycles. The van der Waals surface area contributed by atoms with Crippen LogP contribution >= 0.6 is 0 Å². The molecular formula is C15H17N3O3. The van der Waals surface area contributed by atoms with E-state index < -0.39 is 0 Å². The Hall–Kier alpha value is -2.18. The van der Waals surface area contributed by atoms with Gasteiger partial charge in [0.1, 0.15) is 5.82 Å². The highest BCUT2D eigenvalue weighted by atomic mass is 16.6. The average molecular weight is 287 g/mol. The van der Waals surface area contributed by atoms with Crippen LogP contribution in [-0.4, -0.2) is 43.4 Å². The van der Waals surface area contributed by atoms with Crippen LogP contribution in [0.15, 0.2) is 30.5 Å². The lowest BCUT2D eigenvalue weighted by atomic mass is 10.1. The molecule has 2 heterocycles. The third kappa shape index (κ3) is 2.96. The Labute approximate surface area is 122 Å². The van der Waals surface area contributed by atoms with Crippen molar-refractivity contribution in [1.29, 1.82) is 0 Å². The number of ether oxygens (including phenoxy) is 2. The fourth-order valence-electron chi connectivity index (χ4n) is 2.35. The van der Waals surface area contributed by atoms with Crippen molar-refractivity contribution >= 4 is 22.5 Å². The van der Waals surface area contributed by atoms with Crippen molar-refractivity contribution in [2.24, 2.45) is 0 Å². The second-order valence-corrected chi connectivity index (χ2v) is 4.88. The number of carbonyl (C=O) groups excluding carboxylic acids is 1. The molecule has 0 aliphatic carbocycles. The van der Waals surface area contributed by atoms with Crippen molar-refractivity contribution < 1.29 is 14.3 Å². The summed E-state index contributed by atoms with van der Waals surface area (Å²) in [4.78, 5) is 16.4. The minimum absolute atomic E-state index is 0.101. The summed E-state index contributed by atoms with van der Waals surface area (Å²) in [5, 5.41) is 4.43. The van der Waals surface area contributed by atoms with Gasteiger partial charge >= 0.3 is 0 Å². The average Bonchev–Trinajstić information content (AvgIpc) is 2.54. The molecule has 1 aliphatic rings. The summed E-state index contributed by atoms with van der Waals surface area (Å²) < 4.78 is 10.8. The number of anilines is 1. The molecule has 6 heteroatoms. The third-order valence-corrected chi connectivity index (χ3v) is 3.45. The van der Waals surface area contributed by atoms with Gasteiger partial charge in [-0.15, -0.1) is 0 Å². The number of nitrogens with zero attached hydrogens (tertiary/aromatic N) is 1. The smallest absolute Gasteiger partial charge is 0.253 e. The number of rotatable bonds is 3. The molecule has 0 bridgehead atoms. The molecule has 3 rings (SSSR count). The number of hydrogen-bond donors (Lipinski definition) is 2. The monoisotopic (exact) mass is 287 g/mol. The minimum atomic E-state index is -0.187. The van der Waals surface area contributed by atoms with Crippen LogP contribution in [0.1, 0.15) is 10.4 Å². The molecule has 3 N–H and O–H groups in total. The molecule has 110 valence electrons. The first kappa shape index (κ1) is 13.8. The Bertz CT molecular complexity index is 654. The highest BCUT2D eigenvalue weighted by Crippen LogP contribution is 2.22. The number of nitrogens with one attached hydrogen (secondary N) is 1. The Morgan fingerprint density at radius 1 is 1.33 bits per heavy atom. The Morgan fingerprint density at radius 3 is 2.90 bits per heavy atom. The summed E-state index contributed by atoms with van der Waals surface area (Å²) in [5.41, 5.74) is 6.35. The maximum atomic E-state index is 12.3. The number of nitrogens with two attached hydrogens (primary N) is 1. The van der Waals surface area contributed by atoms with Crippen LogP contribution in [0.25, 0.3) is 10.8 Å². The number of fused-ring (bicyclic) bond motifs is 1. The lowest BCUT2D eigenvalue weighted by molar-refractivity contribution is -0.0855. The highest BCUT2D eigenvalue weighted by molar-refractivity contribution is 6.08. The maximum absolute atomic E-state index is 12.3. The summed E-state index contributed by atoms with van der Waals surface area (Å²) in [7, 11) is 0. The van der Waals surface area contributed by atoms with Gasteiger partial charge in [0.05, 0.1) is 31.5 Å². The standard InChI is InChI=1S/C15H17N3O3/c16-14-12-4-2-1-3-11(12)13(8-17-14)15(19)18-7-10-9-20-5-6-21-10/h1-4,8,10H,5-7,9H2,(H2,16,17)(H,18,19). The SMILES string of the molecule is Nc1ncc(C(=O)NCC2COCCO2)c2ccccc12. The van der Waals surface area contributed by atoms with Crippen molar-refractivity contribution in [2.45, 2.75) is 6.10 Å². The summed E-state index contributed by atoms with van der Waals surface area (Å²) in [6.07, 6.45) is 1.40. The van der Waals surface area contributed by atoms with Gasteiger partial charge in [0.2, 0.25) is 0 Å². The van der Waals surface area contributed by atoms with E-state index in [9.17, 15) is 4.79 Å². The van der Waals surface area contributed by atoms with Gasteiger partial charge in [0.25, 0.3) is 5.91 Å². The van der Waals surface area contributed by atoms with Crippen LogP contribution in [0, 0.1) is 0 Å². The van der Waals surface area contributed by atoms with Gasteiger partial charge in [-0.05, 0) is 5.39 Å². The summed E-state index contributed by atoms with van der Waals surface area (Å²) in [5.74, 6) is 0.235. The molecule has 1 aliphatic heterocycles. The first-order valence-electron chi connectivity index (χ1n) is 6.86. The molecule has 1 amide bonds. The molecule has 1 aromatic carbocycles. The number of hydrogen-bond acceptors (Lipinski definition) is 5. The van der Waals surface area contributed by atoms with Crippen LogP contribution < -0.4 is 11.1 Å². The molecule has 1 fully saturated rings. The van der Waals surface area contributed by atoms with Gasteiger partial charge in [0, 0.05) is 18.1 Å². The van der Waals surface area contributed by atoms with Crippen LogP contribution in [0.4, 0.5) is 5.82 Å². The first-order valence-corrected chi connectivity index (χ1v) is 6.86. The van der Waals surface area contributed by atoms with Gasteiger partial charge in [-0.25, -0.2) is 4.98 Å². The van der Waals surface area contributed by atoms with E-state index in [0.29, 0.717) is 37.7 Å². The second-order valence-electron chi connectivity index (χ2n) is 4.88. The lowest BCUT2D eigenvalue weighted by Gasteiger charge is -2.23. The van der Waals surface area contributed by atoms with Gasteiger partial charge in [0.15, 0.2) is 0 Å². The number of benzene rings is 1. The van der Waals surface area contributed by atoms with Crippen LogP contribution in [0.5, 0.6) is 0 Å². The molecule has 6 nitrogen and oxygen atoms in total. The van der Waals surface area contributed by atoms with Gasteiger partial charge in [-0.3, -0.25) is 4.79 Å². The van der Waals surface area contributed by atoms with E-state index >= 15 is 0 Å². The summed E-state index contributed by atoms with van der Waals surface area (Å²) in [6, 6.07) is 7.46. The molecular weight excluding hydrogens is 270 g/mol. The Kier molecular flexibility index (Phi) is 3.98. The lowest BCUT2D eigenvalue weighted by Crippen LogP contribution is -2.39.